The van der Waals surface area contributed by atoms with Gasteiger partial charge in [0.2, 0.25) is 5.91 Å². The Labute approximate surface area is 215 Å². The van der Waals surface area contributed by atoms with Crippen LogP contribution in [-0.2, 0) is 14.8 Å². The van der Waals surface area contributed by atoms with E-state index in [1.165, 1.54) is 4.31 Å². The maximum Gasteiger partial charge on any atom is 0.264 e. The van der Waals surface area contributed by atoms with Crippen molar-refractivity contribution in [2.45, 2.75) is 4.90 Å². The lowest BCUT2D eigenvalue weighted by Gasteiger charge is -2.35. The van der Waals surface area contributed by atoms with Gasteiger partial charge in [-0.15, -0.1) is 0 Å². The van der Waals surface area contributed by atoms with Crippen LogP contribution in [0.2, 0.25) is 0 Å². The van der Waals surface area contributed by atoms with Crippen molar-refractivity contribution >= 4 is 43.6 Å². The molecule has 1 aliphatic rings. The number of amides is 1. The van der Waals surface area contributed by atoms with Crippen LogP contribution in [0.3, 0.4) is 0 Å². The van der Waals surface area contributed by atoms with Crippen molar-refractivity contribution in [1.82, 2.24) is 9.80 Å². The largest absolute Gasteiger partial charge is 0.339 e. The first-order chi connectivity index (χ1) is 16.9. The Hall–Kier alpha value is -2.94. The Bertz CT molecular complexity index is 1240. The first-order valence-electron chi connectivity index (χ1n) is 11.5. The lowest BCUT2D eigenvalue weighted by atomic mass is 10.2. The predicted molar refractivity (Wildman–Crippen MR) is 144 cm³/mol. The van der Waals surface area contributed by atoms with Crippen molar-refractivity contribution in [2.75, 3.05) is 43.6 Å². The molecule has 35 heavy (non-hydrogen) atoms. The number of nitrogens with zero attached hydrogens (tertiary/aromatic N) is 3. The van der Waals surface area contributed by atoms with E-state index in [0.29, 0.717) is 18.8 Å². The predicted octanol–water partition coefficient (Wildman–Crippen LogP) is 4.50. The van der Waals surface area contributed by atoms with Gasteiger partial charge in [-0.25, -0.2) is 8.42 Å². The third kappa shape index (κ3) is 6.60. The molecule has 1 saturated heterocycles. The van der Waals surface area contributed by atoms with Crippen molar-refractivity contribution < 1.29 is 13.2 Å². The van der Waals surface area contributed by atoms with Gasteiger partial charge in [0.25, 0.3) is 10.0 Å². The van der Waals surface area contributed by atoms with Gasteiger partial charge in [0.15, 0.2) is 0 Å². The number of rotatable bonds is 8. The molecule has 182 valence electrons. The van der Waals surface area contributed by atoms with E-state index in [9.17, 15) is 13.2 Å². The molecule has 1 heterocycles. The van der Waals surface area contributed by atoms with Crippen molar-refractivity contribution in [3.8, 4) is 0 Å². The maximum absolute atomic E-state index is 13.5. The summed E-state index contributed by atoms with van der Waals surface area (Å²) in [6.07, 6.45) is 4.23. The molecule has 1 aliphatic heterocycles. The minimum absolute atomic E-state index is 0.158. The second kappa shape index (κ2) is 11.7. The number of carbonyl (C=O) groups excluding carboxylic acids is 1. The normalized spacial score (nSPS) is 14.8. The highest BCUT2D eigenvalue weighted by atomic mass is 79.9. The SMILES string of the molecule is O=C(CN(c1ccc(Br)cc1)S(=O)(=O)c1ccccc1)N1CCN(C/C=C/c2ccccc2)CC1. The fourth-order valence-corrected chi connectivity index (χ4v) is 5.65. The fourth-order valence-electron chi connectivity index (χ4n) is 3.95. The van der Waals surface area contributed by atoms with E-state index in [1.807, 2.05) is 18.2 Å². The Balaban J connectivity index is 1.41. The molecule has 3 aromatic carbocycles. The third-order valence-electron chi connectivity index (χ3n) is 5.92. The fraction of sp³-hybridized carbons (Fsp3) is 0.222. The molecule has 6 nitrogen and oxygen atoms in total. The maximum atomic E-state index is 13.5. The van der Waals surface area contributed by atoms with Gasteiger partial charge in [-0.05, 0) is 42.0 Å². The molecule has 1 amide bonds. The molecule has 0 N–H and O–H groups in total. The van der Waals surface area contributed by atoms with E-state index in [-0.39, 0.29) is 17.3 Å². The summed E-state index contributed by atoms with van der Waals surface area (Å²) < 4.78 is 28.9. The number of piperazine rings is 1. The first kappa shape index (κ1) is 25.2. The zero-order valence-electron chi connectivity index (χ0n) is 19.3. The zero-order valence-corrected chi connectivity index (χ0v) is 21.7. The van der Waals surface area contributed by atoms with E-state index >= 15 is 0 Å². The molecule has 3 aromatic rings. The lowest BCUT2D eigenvalue weighted by Crippen LogP contribution is -2.51. The van der Waals surface area contributed by atoms with Crippen LogP contribution < -0.4 is 4.31 Å². The molecule has 0 aromatic heterocycles. The molecule has 0 radical (unpaired) electrons. The number of carbonyl (C=O) groups is 1. The van der Waals surface area contributed by atoms with E-state index in [1.54, 1.807) is 59.5 Å². The van der Waals surface area contributed by atoms with Gasteiger partial charge in [-0.1, -0.05) is 76.6 Å². The molecule has 1 fully saturated rings. The average Bonchev–Trinajstić information content (AvgIpc) is 2.89. The van der Waals surface area contributed by atoms with Gasteiger partial charge < -0.3 is 4.90 Å². The topological polar surface area (TPSA) is 60.9 Å². The molecule has 0 spiro atoms. The minimum atomic E-state index is -3.90. The molecule has 0 bridgehead atoms. The zero-order chi connectivity index (χ0) is 24.7. The number of benzene rings is 3. The number of anilines is 1. The molecule has 0 atom stereocenters. The monoisotopic (exact) mass is 553 g/mol. The molecule has 8 heteroatoms. The standard InChI is InChI=1S/C27H28BrN3O3S/c28-24-13-15-25(16-14-24)31(35(33,34)26-11-5-2-6-12-26)22-27(32)30-20-18-29(19-21-30)17-7-10-23-8-3-1-4-9-23/h1-16H,17-22H2/b10-7+. The van der Waals surface area contributed by atoms with E-state index < -0.39 is 10.0 Å². The Kier molecular flexibility index (Phi) is 8.38. The van der Waals surface area contributed by atoms with Crippen LogP contribution in [0.1, 0.15) is 5.56 Å². The van der Waals surface area contributed by atoms with Crippen LogP contribution >= 0.6 is 15.9 Å². The molecule has 0 saturated carbocycles. The summed E-state index contributed by atoms with van der Waals surface area (Å²) >= 11 is 3.39. The second-order valence-corrected chi connectivity index (χ2v) is 11.1. The van der Waals surface area contributed by atoms with Crippen LogP contribution in [0.15, 0.2) is 100 Å². The summed E-state index contributed by atoms with van der Waals surface area (Å²) in [5, 5.41) is 0. The van der Waals surface area contributed by atoms with E-state index in [0.717, 1.165) is 29.7 Å². The first-order valence-corrected chi connectivity index (χ1v) is 13.7. The molecule has 0 aliphatic carbocycles. The number of halogens is 1. The Morgan fingerprint density at radius 1 is 0.857 bits per heavy atom. The van der Waals surface area contributed by atoms with Crippen molar-refractivity contribution in [1.29, 1.82) is 0 Å². The lowest BCUT2D eigenvalue weighted by molar-refractivity contribution is -0.131. The summed E-state index contributed by atoms with van der Waals surface area (Å²) in [5.74, 6) is -0.202. The van der Waals surface area contributed by atoms with Crippen molar-refractivity contribution in [3.05, 3.63) is 101 Å². The number of sulfonamides is 1. The van der Waals surface area contributed by atoms with Gasteiger partial charge in [-0.2, -0.15) is 0 Å². The van der Waals surface area contributed by atoms with Crippen LogP contribution in [0.5, 0.6) is 0 Å². The van der Waals surface area contributed by atoms with Gasteiger partial charge in [0.05, 0.1) is 10.6 Å². The van der Waals surface area contributed by atoms with Gasteiger partial charge in [0.1, 0.15) is 6.54 Å². The highest BCUT2D eigenvalue weighted by Crippen LogP contribution is 2.25. The third-order valence-corrected chi connectivity index (χ3v) is 8.24. The van der Waals surface area contributed by atoms with Gasteiger partial charge in [-0.3, -0.25) is 14.0 Å². The molecule has 4 rings (SSSR count). The summed E-state index contributed by atoms with van der Waals surface area (Å²) in [4.78, 5) is 17.4. The highest BCUT2D eigenvalue weighted by molar-refractivity contribution is 9.10. The molecular formula is C27H28BrN3O3S. The molecule has 0 unspecified atom stereocenters. The molecular weight excluding hydrogens is 526 g/mol. The van der Waals surface area contributed by atoms with E-state index in [2.05, 4.69) is 45.1 Å². The summed E-state index contributed by atoms with van der Waals surface area (Å²) in [6.45, 7) is 3.19. The van der Waals surface area contributed by atoms with Crippen LogP contribution in [0.25, 0.3) is 6.08 Å². The second-order valence-electron chi connectivity index (χ2n) is 8.30. The van der Waals surface area contributed by atoms with Crippen LogP contribution in [-0.4, -0.2) is 63.4 Å². The summed E-state index contributed by atoms with van der Waals surface area (Å²) in [6, 6.07) is 25.3. The highest BCUT2D eigenvalue weighted by Gasteiger charge is 2.30. The number of hydrogen-bond donors (Lipinski definition) is 0. The Morgan fingerprint density at radius 3 is 2.09 bits per heavy atom. The number of hydrogen-bond acceptors (Lipinski definition) is 4. The smallest absolute Gasteiger partial charge is 0.264 e. The van der Waals surface area contributed by atoms with Crippen molar-refractivity contribution in [2.24, 2.45) is 0 Å². The average molecular weight is 555 g/mol. The summed E-state index contributed by atoms with van der Waals surface area (Å²) in [7, 11) is -3.90. The van der Waals surface area contributed by atoms with Crippen LogP contribution in [0, 0.1) is 0 Å². The van der Waals surface area contributed by atoms with Gasteiger partial charge >= 0.3 is 0 Å². The summed E-state index contributed by atoms with van der Waals surface area (Å²) in [5.41, 5.74) is 1.61. The quantitative estimate of drug-likeness (QED) is 0.412. The van der Waals surface area contributed by atoms with Gasteiger partial charge in [0, 0.05) is 37.2 Å². The van der Waals surface area contributed by atoms with Crippen LogP contribution in [0.4, 0.5) is 5.69 Å². The van der Waals surface area contributed by atoms with E-state index in [4.69, 9.17) is 0 Å². The Morgan fingerprint density at radius 2 is 1.46 bits per heavy atom. The minimum Gasteiger partial charge on any atom is -0.339 e. The van der Waals surface area contributed by atoms with Crippen molar-refractivity contribution in [3.63, 3.8) is 0 Å².